The maximum Gasteiger partial charge on any atom is 0.157 e. The van der Waals surface area contributed by atoms with Crippen LogP contribution in [0.2, 0.25) is 0 Å². The van der Waals surface area contributed by atoms with E-state index in [0.717, 1.165) is 27.2 Å². The molecule has 0 radical (unpaired) electrons. The minimum atomic E-state index is 0.340. The van der Waals surface area contributed by atoms with Crippen LogP contribution in [0, 0.1) is 11.6 Å². The fraction of sp³-hybridized carbons (Fsp3) is 0.308. The van der Waals surface area contributed by atoms with Gasteiger partial charge in [-0.2, -0.15) is 0 Å². The van der Waals surface area contributed by atoms with Gasteiger partial charge in [-0.05, 0) is 46.5 Å². The van der Waals surface area contributed by atoms with Crippen molar-refractivity contribution >= 4 is 28.1 Å². The van der Waals surface area contributed by atoms with Gasteiger partial charge in [-0.3, -0.25) is 4.98 Å². The zero-order chi connectivity index (χ0) is 13.3. The van der Waals surface area contributed by atoms with Crippen molar-refractivity contribution in [2.45, 2.75) is 26.7 Å². The second kappa shape index (κ2) is 5.28. The van der Waals surface area contributed by atoms with Crippen LogP contribution in [0.3, 0.4) is 0 Å². The monoisotopic (exact) mass is 323 g/mol. The Hall–Kier alpha value is -1.07. The van der Waals surface area contributed by atoms with Crippen molar-refractivity contribution in [3.05, 3.63) is 38.7 Å². The first-order valence-electron chi connectivity index (χ1n) is 5.71. The molecule has 0 saturated heterocycles. The Morgan fingerprint density at radius 1 is 1.39 bits per heavy atom. The number of nitrogens with zero attached hydrogens (tertiary/aromatic N) is 2. The van der Waals surface area contributed by atoms with E-state index in [-0.39, 0.29) is 0 Å². The average Bonchev–Trinajstić information content (AvgIpc) is 2.32. The van der Waals surface area contributed by atoms with Gasteiger partial charge in [-0.15, -0.1) is 0 Å². The molecule has 5 heteroatoms. The third kappa shape index (κ3) is 2.67. The SMILES string of the molecule is Cc1ccnc(-c2nc(=S)c(Br)c(C(C)C)[nH]2)c1. The first kappa shape index (κ1) is 13.4. The largest absolute Gasteiger partial charge is 0.341 e. The number of aryl methyl sites for hydroxylation is 1. The predicted octanol–water partition coefficient (Wildman–Crippen LogP) is 4.40. The minimum Gasteiger partial charge on any atom is -0.341 e. The van der Waals surface area contributed by atoms with Gasteiger partial charge in [0.05, 0.1) is 4.47 Å². The molecule has 0 saturated carbocycles. The molecule has 0 bridgehead atoms. The second-order valence-corrected chi connectivity index (χ2v) is 5.67. The van der Waals surface area contributed by atoms with Gasteiger partial charge in [0.2, 0.25) is 0 Å². The summed E-state index contributed by atoms with van der Waals surface area (Å²) in [6.07, 6.45) is 1.78. The highest BCUT2D eigenvalue weighted by molar-refractivity contribution is 9.10. The highest BCUT2D eigenvalue weighted by Crippen LogP contribution is 2.25. The summed E-state index contributed by atoms with van der Waals surface area (Å²) in [6.45, 7) is 6.25. The standard InChI is InChI=1S/C13H14BrN3S/c1-7(2)11-10(14)13(18)17-12(16-11)9-6-8(3)4-5-15-9/h4-7H,1-3H3,(H,16,17,18). The van der Waals surface area contributed by atoms with Crippen LogP contribution in [0.1, 0.15) is 31.0 Å². The van der Waals surface area contributed by atoms with Crippen LogP contribution in [0.25, 0.3) is 11.5 Å². The summed E-state index contributed by atoms with van der Waals surface area (Å²) in [5.74, 6) is 1.06. The lowest BCUT2D eigenvalue weighted by molar-refractivity contribution is 0.806. The fourth-order valence-electron chi connectivity index (χ4n) is 1.66. The van der Waals surface area contributed by atoms with Crippen LogP contribution in [0.4, 0.5) is 0 Å². The zero-order valence-corrected chi connectivity index (χ0v) is 12.9. The van der Waals surface area contributed by atoms with E-state index in [1.165, 1.54) is 0 Å². The molecule has 2 aromatic heterocycles. The smallest absolute Gasteiger partial charge is 0.157 e. The first-order chi connectivity index (χ1) is 8.49. The molecule has 0 unspecified atom stereocenters. The van der Waals surface area contributed by atoms with Crippen molar-refractivity contribution in [1.29, 1.82) is 0 Å². The number of aromatic amines is 1. The van der Waals surface area contributed by atoms with E-state index in [2.05, 4.69) is 44.7 Å². The molecule has 94 valence electrons. The minimum absolute atomic E-state index is 0.340. The number of hydrogen-bond acceptors (Lipinski definition) is 3. The van der Waals surface area contributed by atoms with E-state index in [9.17, 15) is 0 Å². The highest BCUT2D eigenvalue weighted by Gasteiger charge is 2.11. The van der Waals surface area contributed by atoms with E-state index in [1.807, 2.05) is 19.1 Å². The average molecular weight is 324 g/mol. The van der Waals surface area contributed by atoms with E-state index in [0.29, 0.717) is 10.6 Å². The molecule has 2 aromatic rings. The van der Waals surface area contributed by atoms with Crippen LogP contribution in [-0.4, -0.2) is 15.0 Å². The van der Waals surface area contributed by atoms with Gasteiger partial charge in [0.15, 0.2) is 5.82 Å². The third-order valence-corrected chi connectivity index (χ3v) is 3.99. The Morgan fingerprint density at radius 2 is 2.11 bits per heavy atom. The quantitative estimate of drug-likeness (QED) is 0.833. The Morgan fingerprint density at radius 3 is 2.72 bits per heavy atom. The number of nitrogens with one attached hydrogen (secondary N) is 1. The Kier molecular flexibility index (Phi) is 3.92. The van der Waals surface area contributed by atoms with E-state index in [4.69, 9.17) is 12.2 Å². The maximum atomic E-state index is 5.27. The molecule has 0 aromatic carbocycles. The molecule has 0 atom stereocenters. The van der Waals surface area contributed by atoms with E-state index in [1.54, 1.807) is 6.20 Å². The topological polar surface area (TPSA) is 41.6 Å². The second-order valence-electron chi connectivity index (χ2n) is 4.49. The van der Waals surface area contributed by atoms with Gasteiger partial charge in [-0.25, -0.2) is 4.98 Å². The highest BCUT2D eigenvalue weighted by atomic mass is 79.9. The zero-order valence-electron chi connectivity index (χ0n) is 10.5. The van der Waals surface area contributed by atoms with Gasteiger partial charge < -0.3 is 4.98 Å². The van der Waals surface area contributed by atoms with Gasteiger partial charge >= 0.3 is 0 Å². The Labute approximate surface area is 120 Å². The van der Waals surface area contributed by atoms with Crippen LogP contribution in [0.15, 0.2) is 22.8 Å². The number of rotatable bonds is 2. The molecule has 0 aliphatic heterocycles. The lowest BCUT2D eigenvalue weighted by Gasteiger charge is -2.11. The Balaban J connectivity index is 2.63. The molecule has 0 fully saturated rings. The van der Waals surface area contributed by atoms with Crippen LogP contribution in [0.5, 0.6) is 0 Å². The molecule has 0 aliphatic carbocycles. The molecule has 0 amide bonds. The number of aromatic nitrogens is 3. The number of pyridine rings is 1. The van der Waals surface area contributed by atoms with E-state index >= 15 is 0 Å². The van der Waals surface area contributed by atoms with Gasteiger partial charge in [0.1, 0.15) is 10.3 Å². The van der Waals surface area contributed by atoms with Gasteiger partial charge in [-0.1, -0.05) is 26.1 Å². The van der Waals surface area contributed by atoms with Crippen LogP contribution in [-0.2, 0) is 0 Å². The van der Waals surface area contributed by atoms with Gasteiger partial charge in [0, 0.05) is 11.9 Å². The molecular weight excluding hydrogens is 310 g/mol. The third-order valence-electron chi connectivity index (χ3n) is 2.63. The number of halogens is 1. The Bertz CT molecular complexity index is 634. The number of H-pyrrole nitrogens is 1. The first-order valence-corrected chi connectivity index (χ1v) is 6.92. The molecule has 3 nitrogen and oxygen atoms in total. The summed E-state index contributed by atoms with van der Waals surface area (Å²) in [6, 6.07) is 3.95. The molecule has 2 rings (SSSR count). The molecule has 1 N–H and O–H groups in total. The van der Waals surface area contributed by atoms with Crippen molar-refractivity contribution in [3.63, 3.8) is 0 Å². The van der Waals surface area contributed by atoms with E-state index < -0.39 is 0 Å². The summed E-state index contributed by atoms with van der Waals surface area (Å²) in [5, 5.41) is 0. The van der Waals surface area contributed by atoms with Crippen molar-refractivity contribution < 1.29 is 0 Å². The summed E-state index contributed by atoms with van der Waals surface area (Å²) in [5.41, 5.74) is 3.01. The van der Waals surface area contributed by atoms with Crippen LogP contribution >= 0.6 is 28.1 Å². The summed E-state index contributed by atoms with van der Waals surface area (Å²) in [7, 11) is 0. The van der Waals surface area contributed by atoms with Crippen molar-refractivity contribution in [2.24, 2.45) is 0 Å². The maximum absolute atomic E-state index is 5.27. The molecule has 0 aliphatic rings. The van der Waals surface area contributed by atoms with Crippen LogP contribution < -0.4 is 0 Å². The fourth-order valence-corrected chi connectivity index (χ4v) is 2.51. The summed E-state index contributed by atoms with van der Waals surface area (Å²) in [4.78, 5) is 12.0. The normalized spacial score (nSPS) is 10.9. The van der Waals surface area contributed by atoms with Gasteiger partial charge in [0.25, 0.3) is 0 Å². The lowest BCUT2D eigenvalue weighted by atomic mass is 10.1. The molecule has 2 heterocycles. The van der Waals surface area contributed by atoms with Crippen molar-refractivity contribution in [1.82, 2.24) is 15.0 Å². The molecule has 0 spiro atoms. The summed E-state index contributed by atoms with van der Waals surface area (Å²) < 4.78 is 1.43. The predicted molar refractivity (Wildman–Crippen MR) is 79.2 cm³/mol. The summed E-state index contributed by atoms with van der Waals surface area (Å²) >= 11 is 8.76. The van der Waals surface area contributed by atoms with Crippen molar-refractivity contribution in [3.8, 4) is 11.5 Å². The number of hydrogen-bond donors (Lipinski definition) is 1. The molecular formula is C13H14BrN3S. The molecule has 18 heavy (non-hydrogen) atoms. The lowest BCUT2D eigenvalue weighted by Crippen LogP contribution is -2.01. The van der Waals surface area contributed by atoms with Crippen molar-refractivity contribution in [2.75, 3.05) is 0 Å².